The number of fused-ring (bicyclic) bond motifs is 1. The molecule has 0 aliphatic carbocycles. The Bertz CT molecular complexity index is 1110. The van der Waals surface area contributed by atoms with Crippen molar-refractivity contribution in [1.29, 1.82) is 0 Å². The molecule has 3 nitrogen and oxygen atoms in total. The molecule has 0 spiro atoms. The molecule has 2 aromatic carbocycles. The molecule has 1 heterocycles. The van der Waals surface area contributed by atoms with Crippen molar-refractivity contribution >= 4 is 43.5 Å². The lowest BCUT2D eigenvalue weighted by Gasteiger charge is -2.34. The monoisotopic (exact) mass is 560 g/mol. The van der Waals surface area contributed by atoms with Gasteiger partial charge in [0.25, 0.3) is 0 Å². The molecule has 34 heavy (non-hydrogen) atoms. The van der Waals surface area contributed by atoms with Crippen LogP contribution in [0.15, 0.2) is 46.2 Å². The molecule has 15 heteroatoms. The molecule has 0 N–H and O–H groups in total. The lowest BCUT2D eigenvalue weighted by molar-refractivity contribution is -0.382. The first-order valence-corrected chi connectivity index (χ1v) is 13.5. The van der Waals surface area contributed by atoms with E-state index in [0.717, 1.165) is 0 Å². The zero-order valence-corrected chi connectivity index (χ0v) is 19.6. The fourth-order valence-corrected chi connectivity index (χ4v) is 6.14. The number of hydrogen-bond acceptors (Lipinski definition) is 4. The van der Waals surface area contributed by atoms with E-state index in [9.17, 15) is 52.5 Å². The predicted molar refractivity (Wildman–Crippen MR) is 111 cm³/mol. The lowest BCUT2D eigenvalue weighted by Crippen LogP contribution is -2.63. The van der Waals surface area contributed by atoms with E-state index in [-0.39, 0.29) is 0 Å². The highest BCUT2D eigenvalue weighted by molar-refractivity contribution is 7.98. The molecule has 0 saturated carbocycles. The van der Waals surface area contributed by atoms with Crippen LogP contribution < -0.4 is 0 Å². The summed E-state index contributed by atoms with van der Waals surface area (Å²) < 4.78 is 135. The first kappa shape index (κ1) is 28.9. The minimum absolute atomic E-state index is 0.541. The van der Waals surface area contributed by atoms with Gasteiger partial charge in [-0.1, -0.05) is 6.07 Å². The van der Waals surface area contributed by atoms with Gasteiger partial charge >= 0.3 is 23.3 Å². The summed E-state index contributed by atoms with van der Waals surface area (Å²) in [5.74, 6) is -12.0. The van der Waals surface area contributed by atoms with Crippen LogP contribution in [-0.2, 0) is 21.0 Å². The van der Waals surface area contributed by atoms with Gasteiger partial charge in [0.2, 0.25) is 0 Å². The molecular weight excluding hydrogens is 543 g/mol. The Kier molecular flexibility index (Phi) is 8.48. The molecule has 1 fully saturated rings. The maximum absolute atomic E-state index is 12.2. The van der Waals surface area contributed by atoms with Gasteiger partial charge < -0.3 is 4.55 Å². The van der Waals surface area contributed by atoms with Gasteiger partial charge in [-0.25, -0.2) is 8.42 Å². The van der Waals surface area contributed by atoms with Crippen molar-refractivity contribution in [3.05, 3.63) is 36.4 Å². The molecule has 3 rings (SSSR count). The second kappa shape index (κ2) is 9.97. The number of halogens is 9. The normalized spacial score (nSPS) is 16.4. The van der Waals surface area contributed by atoms with Gasteiger partial charge in [0, 0.05) is 21.9 Å². The Morgan fingerprint density at radius 2 is 1.32 bits per heavy atom. The van der Waals surface area contributed by atoms with E-state index in [1.54, 1.807) is 4.90 Å². The maximum atomic E-state index is 12.2. The molecule has 0 atom stereocenters. The molecule has 0 bridgehead atoms. The Morgan fingerprint density at radius 3 is 1.79 bits per heavy atom. The topological polar surface area (TPSA) is 57.2 Å². The highest BCUT2D eigenvalue weighted by Crippen LogP contribution is 2.54. The first-order valence-electron chi connectivity index (χ1n) is 9.27. The van der Waals surface area contributed by atoms with Crippen molar-refractivity contribution < 1.29 is 52.5 Å². The highest BCUT2D eigenvalue weighted by Gasteiger charge is 2.83. The Labute approximate surface area is 196 Å². The Morgan fingerprint density at radius 1 is 0.824 bits per heavy atom. The molecule has 0 aromatic heterocycles. The zero-order chi connectivity index (χ0) is 26.2. The Balaban J connectivity index is 0.000000240. The number of benzene rings is 2. The van der Waals surface area contributed by atoms with Crippen LogP contribution in [0.5, 0.6) is 0 Å². The fraction of sp³-hybridized carbons (Fsp3) is 0.474. The van der Waals surface area contributed by atoms with Crippen molar-refractivity contribution in [2.45, 2.75) is 45.9 Å². The Hall–Kier alpha value is -1.32. The van der Waals surface area contributed by atoms with Gasteiger partial charge in [-0.05, 0) is 54.1 Å². The minimum Gasteiger partial charge on any atom is -0.743 e. The van der Waals surface area contributed by atoms with Crippen molar-refractivity contribution in [3.63, 3.8) is 0 Å². The summed E-state index contributed by atoms with van der Waals surface area (Å²) in [4.78, 5) is 2.93. The number of rotatable bonds is 5. The number of hydrogen-bond donors (Lipinski definition) is 0. The van der Waals surface area contributed by atoms with Crippen LogP contribution in [0.2, 0.25) is 0 Å². The summed E-state index contributed by atoms with van der Waals surface area (Å²) in [5, 5.41) is -4.33. The van der Waals surface area contributed by atoms with Crippen LogP contribution >= 0.6 is 11.8 Å². The highest BCUT2D eigenvalue weighted by atomic mass is 32.2. The van der Waals surface area contributed by atoms with Gasteiger partial charge in [0.15, 0.2) is 15.0 Å². The summed E-state index contributed by atoms with van der Waals surface area (Å²) in [6.45, 7) is 0. The van der Waals surface area contributed by atoms with E-state index in [1.807, 2.05) is 11.8 Å². The van der Waals surface area contributed by atoms with Crippen molar-refractivity contribution in [2.75, 3.05) is 17.8 Å². The van der Waals surface area contributed by atoms with Crippen molar-refractivity contribution in [2.24, 2.45) is 0 Å². The SMILES string of the molecule is CSc1ccc2cc([S+]3CCCC3)ccc2c1.O=S(=O)([O-])C(F)(F)C(F)(F)C(F)(F)C(F)(F)F. The van der Waals surface area contributed by atoms with E-state index < -0.39 is 33.4 Å². The predicted octanol–water partition coefficient (Wildman–Crippen LogP) is 6.29. The quantitative estimate of drug-likeness (QED) is 0.187. The van der Waals surface area contributed by atoms with E-state index >= 15 is 0 Å². The van der Waals surface area contributed by atoms with Gasteiger partial charge in [-0.15, -0.1) is 11.8 Å². The van der Waals surface area contributed by atoms with E-state index in [0.29, 0.717) is 10.9 Å². The largest absolute Gasteiger partial charge is 0.743 e. The molecular formula is C19H17F9O3S3. The van der Waals surface area contributed by atoms with Gasteiger partial charge in [-0.3, -0.25) is 0 Å². The third-order valence-corrected chi connectivity index (χ3v) is 8.91. The van der Waals surface area contributed by atoms with Gasteiger partial charge in [-0.2, -0.15) is 39.5 Å². The molecule has 0 amide bonds. The molecule has 2 aromatic rings. The van der Waals surface area contributed by atoms with Crippen LogP contribution in [-0.4, -0.2) is 54.0 Å². The first-order chi connectivity index (χ1) is 15.4. The average molecular weight is 561 g/mol. The standard InChI is InChI=1S/C15H17S2.C4HF9O3S/c1-16-14-6-4-13-11-15(7-5-12(13)10-14)17-8-2-3-9-17;5-1(6,3(9,10)11)2(7,8)4(12,13)17(14,15)16/h4-7,10-11H,2-3,8-9H2,1H3;(H,14,15,16)/q+1;/p-1. The molecule has 1 aliphatic heterocycles. The molecule has 0 radical (unpaired) electrons. The summed E-state index contributed by atoms with van der Waals surface area (Å²) in [6.07, 6.45) is -2.18. The second-order valence-corrected chi connectivity index (χ2v) is 11.7. The van der Waals surface area contributed by atoms with Gasteiger partial charge in [0.05, 0.1) is 0 Å². The molecule has 1 aliphatic rings. The summed E-state index contributed by atoms with van der Waals surface area (Å²) in [5.41, 5.74) is 0. The van der Waals surface area contributed by atoms with Crippen LogP contribution in [0.1, 0.15) is 12.8 Å². The van der Waals surface area contributed by atoms with Crippen LogP contribution in [0.25, 0.3) is 10.8 Å². The zero-order valence-electron chi connectivity index (χ0n) is 17.1. The lowest BCUT2D eigenvalue weighted by atomic mass is 10.1. The molecule has 0 unspecified atom stereocenters. The average Bonchev–Trinajstić information content (AvgIpc) is 3.26. The van der Waals surface area contributed by atoms with Crippen LogP contribution in [0.4, 0.5) is 39.5 Å². The minimum atomic E-state index is -7.43. The van der Waals surface area contributed by atoms with Crippen LogP contribution in [0, 0.1) is 0 Å². The molecule has 1 saturated heterocycles. The summed E-state index contributed by atoms with van der Waals surface area (Å²) >= 11 is 1.81. The number of alkyl halides is 9. The third kappa shape index (κ3) is 5.57. The van der Waals surface area contributed by atoms with E-state index in [2.05, 4.69) is 42.7 Å². The van der Waals surface area contributed by atoms with E-state index in [4.69, 9.17) is 0 Å². The maximum Gasteiger partial charge on any atom is 0.460 e. The fourth-order valence-electron chi connectivity index (χ4n) is 2.92. The third-order valence-electron chi connectivity index (χ3n) is 4.81. The summed E-state index contributed by atoms with van der Waals surface area (Å²) in [7, 11) is -6.88. The summed E-state index contributed by atoms with van der Waals surface area (Å²) in [6, 6.07) is 13.9. The van der Waals surface area contributed by atoms with E-state index in [1.165, 1.54) is 40.0 Å². The van der Waals surface area contributed by atoms with Crippen molar-refractivity contribution in [3.8, 4) is 0 Å². The second-order valence-electron chi connectivity index (χ2n) is 7.10. The van der Waals surface area contributed by atoms with Crippen molar-refractivity contribution in [1.82, 2.24) is 0 Å². The smallest absolute Gasteiger partial charge is 0.460 e. The van der Waals surface area contributed by atoms with Gasteiger partial charge in [0.1, 0.15) is 11.5 Å². The number of thioether (sulfide) groups is 1. The van der Waals surface area contributed by atoms with Crippen LogP contribution in [0.3, 0.4) is 0 Å². The molecule has 192 valence electrons.